The Bertz CT molecular complexity index is 1090. The zero-order chi connectivity index (χ0) is 26.1. The second-order valence-electron chi connectivity index (χ2n) is 8.45. The number of piperazine rings is 1. The minimum Gasteiger partial charge on any atom is -0.370 e. The highest BCUT2D eigenvalue weighted by atomic mass is 32.1. The molecular formula is C24H31N7O4S. The summed E-state index contributed by atoms with van der Waals surface area (Å²) in [7, 11) is 0. The summed E-state index contributed by atoms with van der Waals surface area (Å²) in [5, 5.41) is 4.73. The minimum atomic E-state index is -0.827. The predicted octanol–water partition coefficient (Wildman–Crippen LogP) is 0.166. The lowest BCUT2D eigenvalue weighted by molar-refractivity contribution is -0.151. The van der Waals surface area contributed by atoms with E-state index in [1.54, 1.807) is 10.3 Å². The number of nitrogens with zero attached hydrogens (tertiary/aromatic N) is 4. The number of Topliss-reactive ketones (excluding diaryl/α,β-unsaturated/α-hetero) is 1. The first kappa shape index (κ1) is 26.8. The van der Waals surface area contributed by atoms with Crippen LogP contribution in [0.3, 0.4) is 0 Å². The summed E-state index contributed by atoms with van der Waals surface area (Å²) >= 11 is 1.19. The van der Waals surface area contributed by atoms with Gasteiger partial charge in [0.2, 0.25) is 23.5 Å². The average molecular weight is 514 g/mol. The molecule has 2 aromatic rings. The van der Waals surface area contributed by atoms with E-state index >= 15 is 0 Å². The van der Waals surface area contributed by atoms with Crippen LogP contribution < -0.4 is 16.8 Å². The molecule has 2 atom stereocenters. The summed E-state index contributed by atoms with van der Waals surface area (Å²) in [6, 6.07) is 7.90. The van der Waals surface area contributed by atoms with E-state index in [1.807, 2.05) is 30.3 Å². The Balaban J connectivity index is 1.67. The quantitative estimate of drug-likeness (QED) is 0.167. The molecule has 192 valence electrons. The van der Waals surface area contributed by atoms with Crippen LogP contribution >= 0.6 is 11.3 Å². The number of nitrogens with two attached hydrogens (primary N) is 2. The largest absolute Gasteiger partial charge is 0.370 e. The first-order valence-corrected chi connectivity index (χ1v) is 12.5. The number of hydrogen-bond acceptors (Lipinski definition) is 7. The number of benzene rings is 1. The van der Waals surface area contributed by atoms with Gasteiger partial charge in [-0.2, -0.15) is 0 Å². The number of aliphatic imine (C=N–C) groups is 1. The van der Waals surface area contributed by atoms with Gasteiger partial charge in [-0.25, -0.2) is 4.98 Å². The number of guanidine groups is 1. The van der Waals surface area contributed by atoms with E-state index in [4.69, 9.17) is 11.5 Å². The SMILES string of the molecule is CC(=O)N1CCN(CC(=O)NC(CCCN=C(N)N)C(=O)c2nccs2)C(=O)C1Cc1ccccc1. The van der Waals surface area contributed by atoms with Crippen LogP contribution in [0.25, 0.3) is 0 Å². The number of amides is 3. The van der Waals surface area contributed by atoms with Gasteiger partial charge in [0.25, 0.3) is 0 Å². The van der Waals surface area contributed by atoms with Crippen LogP contribution in [0.1, 0.15) is 35.1 Å². The highest BCUT2D eigenvalue weighted by molar-refractivity contribution is 7.11. The first-order valence-electron chi connectivity index (χ1n) is 11.6. The molecule has 36 heavy (non-hydrogen) atoms. The van der Waals surface area contributed by atoms with Crippen LogP contribution in [0.4, 0.5) is 0 Å². The molecule has 1 aromatic carbocycles. The van der Waals surface area contributed by atoms with Gasteiger partial charge in [0, 0.05) is 44.6 Å². The molecule has 0 aliphatic carbocycles. The molecule has 2 unspecified atom stereocenters. The maximum Gasteiger partial charge on any atom is 0.246 e. The van der Waals surface area contributed by atoms with Crippen molar-refractivity contribution in [3.63, 3.8) is 0 Å². The lowest BCUT2D eigenvalue weighted by Gasteiger charge is -2.40. The van der Waals surface area contributed by atoms with Gasteiger partial charge < -0.3 is 26.6 Å². The molecule has 1 aliphatic rings. The summed E-state index contributed by atoms with van der Waals surface area (Å²) in [6.07, 6.45) is 2.66. The van der Waals surface area contributed by atoms with Gasteiger partial charge in [-0.1, -0.05) is 30.3 Å². The third-order valence-electron chi connectivity index (χ3n) is 5.83. The average Bonchev–Trinajstić information content (AvgIpc) is 3.38. The molecule has 1 aromatic heterocycles. The fraction of sp³-hybridized carbons (Fsp3) is 0.417. The van der Waals surface area contributed by atoms with Gasteiger partial charge in [0.05, 0.1) is 12.6 Å². The van der Waals surface area contributed by atoms with E-state index in [0.717, 1.165) is 5.56 Å². The summed E-state index contributed by atoms with van der Waals surface area (Å²) in [4.78, 5) is 62.3. The molecule has 0 radical (unpaired) electrons. The maximum absolute atomic E-state index is 13.3. The van der Waals surface area contributed by atoms with Crippen molar-refractivity contribution in [2.24, 2.45) is 16.5 Å². The third-order valence-corrected chi connectivity index (χ3v) is 6.62. The molecule has 5 N–H and O–H groups in total. The highest BCUT2D eigenvalue weighted by Crippen LogP contribution is 2.17. The van der Waals surface area contributed by atoms with Crippen LogP contribution in [0.15, 0.2) is 46.9 Å². The Kier molecular flexibility index (Phi) is 9.51. The Morgan fingerprint density at radius 2 is 1.97 bits per heavy atom. The molecule has 1 aliphatic heterocycles. The lowest BCUT2D eigenvalue weighted by atomic mass is 10.0. The Morgan fingerprint density at radius 1 is 1.22 bits per heavy atom. The second-order valence-corrected chi connectivity index (χ2v) is 9.34. The number of aromatic nitrogens is 1. The van der Waals surface area contributed by atoms with Gasteiger partial charge in [-0.15, -0.1) is 11.3 Å². The number of thiazole rings is 1. The van der Waals surface area contributed by atoms with E-state index in [0.29, 0.717) is 32.4 Å². The number of ketones is 1. The van der Waals surface area contributed by atoms with Gasteiger partial charge in [-0.05, 0) is 18.4 Å². The molecular weight excluding hydrogens is 482 g/mol. The second kappa shape index (κ2) is 12.8. The van der Waals surface area contributed by atoms with E-state index in [9.17, 15) is 19.2 Å². The maximum atomic E-state index is 13.3. The van der Waals surface area contributed by atoms with Crippen molar-refractivity contribution in [2.45, 2.75) is 38.3 Å². The summed E-state index contributed by atoms with van der Waals surface area (Å²) in [5.41, 5.74) is 11.6. The van der Waals surface area contributed by atoms with Crippen LogP contribution in [-0.2, 0) is 20.8 Å². The fourth-order valence-corrected chi connectivity index (χ4v) is 4.72. The minimum absolute atomic E-state index is 0.0462. The van der Waals surface area contributed by atoms with Crippen molar-refractivity contribution in [1.82, 2.24) is 20.1 Å². The third kappa shape index (κ3) is 7.35. The molecule has 2 heterocycles. The van der Waals surface area contributed by atoms with Crippen molar-refractivity contribution >= 4 is 40.8 Å². The van der Waals surface area contributed by atoms with Gasteiger partial charge in [0.1, 0.15) is 6.04 Å². The van der Waals surface area contributed by atoms with E-state index in [1.165, 1.54) is 29.4 Å². The van der Waals surface area contributed by atoms with Crippen molar-refractivity contribution in [1.29, 1.82) is 0 Å². The standard InChI is InChI=1S/C24H31N7O4S/c1-16(32)31-12-11-30(23(35)19(31)14-17-6-3-2-4-7-17)15-20(33)29-18(8-5-9-28-24(25)26)21(34)22-27-10-13-36-22/h2-4,6-7,10,13,18-19H,5,8-9,11-12,14-15H2,1H3,(H,29,33)(H4,25,26,28). The van der Waals surface area contributed by atoms with Crippen molar-refractivity contribution < 1.29 is 19.2 Å². The Morgan fingerprint density at radius 3 is 2.61 bits per heavy atom. The van der Waals surface area contributed by atoms with E-state index in [-0.39, 0.29) is 41.7 Å². The number of nitrogens with one attached hydrogen (secondary N) is 1. The molecule has 3 rings (SSSR count). The Labute approximate surface area is 213 Å². The monoisotopic (exact) mass is 513 g/mol. The van der Waals surface area contributed by atoms with Crippen LogP contribution in [-0.4, -0.2) is 82.5 Å². The summed E-state index contributed by atoms with van der Waals surface area (Å²) < 4.78 is 0. The molecule has 12 heteroatoms. The fourth-order valence-electron chi connectivity index (χ4n) is 4.09. The number of rotatable bonds is 11. The number of carbonyl (C=O) groups excluding carboxylic acids is 4. The molecule has 0 bridgehead atoms. The number of hydrogen-bond donors (Lipinski definition) is 3. The van der Waals surface area contributed by atoms with Crippen molar-refractivity contribution in [3.05, 3.63) is 52.5 Å². The molecule has 3 amide bonds. The summed E-state index contributed by atoms with van der Waals surface area (Å²) in [5.74, 6) is -1.31. The normalized spacial score (nSPS) is 16.4. The predicted molar refractivity (Wildman–Crippen MR) is 136 cm³/mol. The zero-order valence-electron chi connectivity index (χ0n) is 20.1. The van der Waals surface area contributed by atoms with Crippen molar-refractivity contribution in [3.8, 4) is 0 Å². The van der Waals surface area contributed by atoms with Crippen LogP contribution in [0.5, 0.6) is 0 Å². The summed E-state index contributed by atoms with van der Waals surface area (Å²) in [6.45, 7) is 2.08. The molecule has 0 saturated carbocycles. The molecule has 0 spiro atoms. The van der Waals surface area contributed by atoms with Crippen LogP contribution in [0, 0.1) is 0 Å². The molecule has 11 nitrogen and oxygen atoms in total. The van der Waals surface area contributed by atoms with Gasteiger partial charge in [-0.3, -0.25) is 24.2 Å². The van der Waals surface area contributed by atoms with Crippen molar-refractivity contribution in [2.75, 3.05) is 26.2 Å². The topological polar surface area (TPSA) is 164 Å². The van der Waals surface area contributed by atoms with E-state index in [2.05, 4.69) is 15.3 Å². The smallest absolute Gasteiger partial charge is 0.246 e. The van der Waals surface area contributed by atoms with Gasteiger partial charge >= 0.3 is 0 Å². The van der Waals surface area contributed by atoms with Gasteiger partial charge in [0.15, 0.2) is 11.0 Å². The van der Waals surface area contributed by atoms with Crippen LogP contribution in [0.2, 0.25) is 0 Å². The molecule has 1 fully saturated rings. The number of carbonyl (C=O) groups is 4. The Hall–Kier alpha value is -3.80. The molecule has 1 saturated heterocycles. The lowest BCUT2D eigenvalue weighted by Crippen LogP contribution is -2.60. The van der Waals surface area contributed by atoms with E-state index < -0.39 is 18.0 Å². The zero-order valence-corrected chi connectivity index (χ0v) is 20.9. The first-order chi connectivity index (χ1) is 17.3. The highest BCUT2D eigenvalue weighted by Gasteiger charge is 2.37.